The van der Waals surface area contributed by atoms with Crippen LogP contribution in [0.4, 0.5) is 10.5 Å². The number of amides is 3. The summed E-state index contributed by atoms with van der Waals surface area (Å²) in [4.78, 5) is 24.9. The third kappa shape index (κ3) is 3.65. The van der Waals surface area contributed by atoms with Crippen molar-refractivity contribution in [3.05, 3.63) is 70.4 Å². The Morgan fingerprint density at radius 2 is 1.85 bits per heavy atom. The Kier molecular flexibility index (Phi) is 5.14. The Morgan fingerprint density at radius 1 is 1.15 bits per heavy atom. The van der Waals surface area contributed by atoms with Crippen molar-refractivity contribution in [3.8, 4) is 5.75 Å². The number of para-hydroxylation sites is 2. The van der Waals surface area contributed by atoms with Gasteiger partial charge < -0.3 is 20.7 Å². The second-order valence-corrected chi connectivity index (χ2v) is 6.21. The van der Waals surface area contributed by atoms with Crippen LogP contribution in [0.2, 0.25) is 5.02 Å². The van der Waals surface area contributed by atoms with Crippen molar-refractivity contribution in [3.63, 3.8) is 0 Å². The predicted octanol–water partition coefficient (Wildman–Crippen LogP) is 3.62. The molecule has 2 aromatic rings. The number of benzene rings is 2. The van der Waals surface area contributed by atoms with Crippen molar-refractivity contribution in [2.75, 3.05) is 12.4 Å². The van der Waals surface area contributed by atoms with Gasteiger partial charge in [0.25, 0.3) is 5.91 Å². The van der Waals surface area contributed by atoms with E-state index in [-0.39, 0.29) is 11.9 Å². The molecule has 0 fully saturated rings. The zero-order chi connectivity index (χ0) is 18.7. The van der Waals surface area contributed by atoms with Gasteiger partial charge >= 0.3 is 6.03 Å². The molecule has 0 bridgehead atoms. The van der Waals surface area contributed by atoms with Gasteiger partial charge in [-0.3, -0.25) is 4.79 Å². The van der Waals surface area contributed by atoms with Gasteiger partial charge in [-0.2, -0.15) is 0 Å². The third-order valence-electron chi connectivity index (χ3n) is 4.07. The molecule has 0 saturated carbocycles. The molecule has 0 saturated heterocycles. The standard InChI is InChI=1S/C19H18ClN3O3/c1-11-16(18(24)22-14-5-3-4-6-15(14)26-2)17(23-19(25)21-11)12-7-9-13(20)10-8-12/h3-10,17H,1-2H3,(H,22,24)(H2,21,23,25). The van der Waals surface area contributed by atoms with Crippen LogP contribution < -0.4 is 20.7 Å². The van der Waals surface area contributed by atoms with Gasteiger partial charge in [0.15, 0.2) is 0 Å². The number of methoxy groups -OCH3 is 1. The van der Waals surface area contributed by atoms with Crippen LogP contribution in [0.5, 0.6) is 5.75 Å². The van der Waals surface area contributed by atoms with Gasteiger partial charge in [-0.1, -0.05) is 35.9 Å². The molecule has 0 spiro atoms. The number of ether oxygens (including phenoxy) is 1. The first-order valence-corrected chi connectivity index (χ1v) is 8.35. The van der Waals surface area contributed by atoms with Crippen LogP contribution in [0.1, 0.15) is 18.5 Å². The van der Waals surface area contributed by atoms with E-state index in [0.29, 0.717) is 27.7 Å². The van der Waals surface area contributed by atoms with E-state index < -0.39 is 6.04 Å². The Balaban J connectivity index is 1.95. The number of urea groups is 1. The molecule has 3 N–H and O–H groups in total. The van der Waals surface area contributed by atoms with Crippen LogP contribution in [0.15, 0.2) is 59.8 Å². The SMILES string of the molecule is COc1ccccc1NC(=O)C1=C(C)NC(=O)NC1c1ccc(Cl)cc1. The highest BCUT2D eigenvalue weighted by molar-refractivity contribution is 6.30. The van der Waals surface area contributed by atoms with E-state index in [4.69, 9.17) is 16.3 Å². The molecule has 6 nitrogen and oxygen atoms in total. The maximum absolute atomic E-state index is 13.0. The summed E-state index contributed by atoms with van der Waals surface area (Å²) >= 11 is 5.94. The summed E-state index contributed by atoms with van der Waals surface area (Å²) in [6, 6.07) is 13.2. The predicted molar refractivity (Wildman–Crippen MR) is 100 cm³/mol. The lowest BCUT2D eigenvalue weighted by Gasteiger charge is -2.28. The Bertz CT molecular complexity index is 878. The van der Waals surface area contributed by atoms with E-state index in [1.807, 2.05) is 6.07 Å². The molecule has 1 unspecified atom stereocenters. The summed E-state index contributed by atoms with van der Waals surface area (Å²) < 4.78 is 5.27. The van der Waals surface area contributed by atoms with Crippen molar-refractivity contribution in [2.45, 2.75) is 13.0 Å². The minimum atomic E-state index is -0.587. The number of carbonyl (C=O) groups excluding carboxylic acids is 2. The molecule has 134 valence electrons. The van der Waals surface area contributed by atoms with E-state index >= 15 is 0 Å². The first kappa shape index (κ1) is 17.8. The zero-order valence-corrected chi connectivity index (χ0v) is 15.1. The average Bonchev–Trinajstić information content (AvgIpc) is 2.62. The fourth-order valence-electron chi connectivity index (χ4n) is 2.84. The van der Waals surface area contributed by atoms with Crippen molar-refractivity contribution in [1.82, 2.24) is 10.6 Å². The smallest absolute Gasteiger partial charge is 0.319 e. The molecule has 3 rings (SSSR count). The molecule has 2 aromatic carbocycles. The minimum Gasteiger partial charge on any atom is -0.495 e. The summed E-state index contributed by atoms with van der Waals surface area (Å²) in [6.45, 7) is 1.69. The van der Waals surface area contributed by atoms with Gasteiger partial charge in [0.05, 0.1) is 24.4 Å². The van der Waals surface area contributed by atoms with Crippen LogP contribution in [-0.4, -0.2) is 19.0 Å². The maximum atomic E-state index is 13.0. The second-order valence-electron chi connectivity index (χ2n) is 5.78. The zero-order valence-electron chi connectivity index (χ0n) is 14.3. The molecule has 7 heteroatoms. The van der Waals surface area contributed by atoms with E-state index in [1.54, 1.807) is 49.4 Å². The van der Waals surface area contributed by atoms with Crippen molar-refractivity contribution in [2.24, 2.45) is 0 Å². The monoisotopic (exact) mass is 371 g/mol. The van der Waals surface area contributed by atoms with Gasteiger partial charge in [-0.15, -0.1) is 0 Å². The first-order valence-electron chi connectivity index (χ1n) is 7.97. The van der Waals surface area contributed by atoms with E-state index in [0.717, 1.165) is 5.56 Å². The highest BCUT2D eigenvalue weighted by Crippen LogP contribution is 2.30. The van der Waals surface area contributed by atoms with Gasteiger partial charge in [-0.05, 0) is 36.8 Å². The second kappa shape index (κ2) is 7.49. The third-order valence-corrected chi connectivity index (χ3v) is 4.32. The van der Waals surface area contributed by atoms with Crippen molar-refractivity contribution < 1.29 is 14.3 Å². The van der Waals surface area contributed by atoms with E-state index in [1.165, 1.54) is 7.11 Å². The van der Waals surface area contributed by atoms with Gasteiger partial charge in [0, 0.05) is 10.7 Å². The molecule has 0 aliphatic carbocycles. The topological polar surface area (TPSA) is 79.5 Å². The van der Waals surface area contributed by atoms with Crippen molar-refractivity contribution in [1.29, 1.82) is 0 Å². The lowest BCUT2D eigenvalue weighted by Crippen LogP contribution is -2.45. The lowest BCUT2D eigenvalue weighted by atomic mass is 9.95. The lowest BCUT2D eigenvalue weighted by molar-refractivity contribution is -0.113. The Morgan fingerprint density at radius 3 is 2.54 bits per heavy atom. The molecule has 1 atom stereocenters. The molecular weight excluding hydrogens is 354 g/mol. The number of anilines is 1. The highest BCUT2D eigenvalue weighted by atomic mass is 35.5. The summed E-state index contributed by atoms with van der Waals surface area (Å²) in [5, 5.41) is 8.86. The molecule has 1 aliphatic rings. The quantitative estimate of drug-likeness (QED) is 0.768. The summed E-state index contributed by atoms with van der Waals surface area (Å²) in [6.07, 6.45) is 0. The van der Waals surface area contributed by atoms with Gasteiger partial charge in [0.1, 0.15) is 5.75 Å². The van der Waals surface area contributed by atoms with Crippen LogP contribution in [0.25, 0.3) is 0 Å². The summed E-state index contributed by atoms with van der Waals surface area (Å²) in [7, 11) is 1.54. The number of hydrogen-bond donors (Lipinski definition) is 3. The number of hydrogen-bond acceptors (Lipinski definition) is 3. The fraction of sp³-hybridized carbons (Fsp3) is 0.158. The number of rotatable bonds is 4. The summed E-state index contributed by atoms with van der Waals surface area (Å²) in [5.74, 6) is 0.217. The van der Waals surface area contributed by atoms with E-state index in [2.05, 4.69) is 16.0 Å². The molecule has 1 aliphatic heterocycles. The van der Waals surface area contributed by atoms with Gasteiger partial charge in [-0.25, -0.2) is 4.79 Å². The number of halogens is 1. The van der Waals surface area contributed by atoms with Crippen LogP contribution in [0.3, 0.4) is 0 Å². The molecule has 1 heterocycles. The summed E-state index contributed by atoms with van der Waals surface area (Å²) in [5.41, 5.74) is 2.21. The number of allylic oxidation sites excluding steroid dienone is 1. The molecule has 3 amide bonds. The first-order chi connectivity index (χ1) is 12.5. The van der Waals surface area contributed by atoms with Crippen molar-refractivity contribution >= 4 is 29.2 Å². The van der Waals surface area contributed by atoms with Crippen LogP contribution in [-0.2, 0) is 4.79 Å². The average molecular weight is 372 g/mol. The normalized spacial score (nSPS) is 16.6. The largest absolute Gasteiger partial charge is 0.495 e. The number of carbonyl (C=O) groups is 2. The van der Waals surface area contributed by atoms with Gasteiger partial charge in [0.2, 0.25) is 0 Å². The minimum absolute atomic E-state index is 0.334. The van der Waals surface area contributed by atoms with E-state index in [9.17, 15) is 9.59 Å². The molecule has 26 heavy (non-hydrogen) atoms. The number of nitrogens with one attached hydrogen (secondary N) is 3. The Hall–Kier alpha value is -2.99. The fourth-order valence-corrected chi connectivity index (χ4v) is 2.96. The maximum Gasteiger partial charge on any atom is 0.319 e. The molecular formula is C19H18ClN3O3. The van der Waals surface area contributed by atoms with Crippen LogP contribution in [0, 0.1) is 0 Å². The van der Waals surface area contributed by atoms with Crippen LogP contribution >= 0.6 is 11.6 Å². The molecule has 0 aromatic heterocycles. The molecule has 0 radical (unpaired) electrons. The highest BCUT2D eigenvalue weighted by Gasteiger charge is 2.31. The Labute approximate surface area is 156 Å².